The smallest absolute Gasteiger partial charge is 0.222 e. The van der Waals surface area contributed by atoms with Crippen LogP contribution >= 0.6 is 11.3 Å². The topological polar surface area (TPSA) is 100 Å². The molecule has 184 valence electrons. The monoisotopic (exact) mass is 493 g/mol. The maximum atomic E-state index is 12.8. The van der Waals surface area contributed by atoms with Crippen molar-refractivity contribution in [2.24, 2.45) is 0 Å². The number of carbonyl (C=O) groups is 1. The van der Waals surface area contributed by atoms with E-state index in [1.807, 2.05) is 23.1 Å². The van der Waals surface area contributed by atoms with Gasteiger partial charge in [-0.05, 0) is 37.5 Å². The van der Waals surface area contributed by atoms with E-state index in [-0.39, 0.29) is 5.91 Å². The van der Waals surface area contributed by atoms with Crippen LogP contribution in [0.15, 0.2) is 24.3 Å². The second-order valence-electron chi connectivity index (χ2n) is 8.77. The van der Waals surface area contributed by atoms with Crippen LogP contribution in [0.5, 0.6) is 5.75 Å². The van der Waals surface area contributed by atoms with E-state index in [0.717, 1.165) is 59.7 Å². The number of ether oxygens (including phenoxy) is 1. The van der Waals surface area contributed by atoms with Crippen LogP contribution in [0, 0.1) is 0 Å². The average molecular weight is 494 g/mol. The van der Waals surface area contributed by atoms with E-state index in [9.17, 15) is 4.79 Å². The largest absolute Gasteiger partial charge is 0.491 e. The Bertz CT molecular complexity index is 1310. The van der Waals surface area contributed by atoms with Crippen molar-refractivity contribution < 1.29 is 9.53 Å². The summed E-state index contributed by atoms with van der Waals surface area (Å²) in [5.74, 6) is 2.81. The second-order valence-corrected chi connectivity index (χ2v) is 9.88. The number of piperazine rings is 1. The SMILES string of the molecule is CCCc1nc(N2CCN(C(=O)CCCOc3cccc4n[nH]nc34)CC2)c2cc(CC)sc2n1. The second kappa shape index (κ2) is 10.6. The highest BCUT2D eigenvalue weighted by Gasteiger charge is 2.24. The number of thiophene rings is 1. The Hall–Kier alpha value is -3.27. The normalized spacial score (nSPS) is 14.2. The maximum absolute atomic E-state index is 12.8. The van der Waals surface area contributed by atoms with Crippen LogP contribution in [0.3, 0.4) is 0 Å². The van der Waals surface area contributed by atoms with Gasteiger partial charge in [0.15, 0.2) is 5.52 Å². The molecule has 1 N–H and O–H groups in total. The van der Waals surface area contributed by atoms with Gasteiger partial charge in [-0.15, -0.1) is 11.3 Å². The third-order valence-electron chi connectivity index (χ3n) is 6.33. The van der Waals surface area contributed by atoms with Crippen molar-refractivity contribution in [1.82, 2.24) is 30.3 Å². The standard InChI is InChI=1S/C25H31N7O2S/c1-3-7-21-26-24(18-16-17(4-2)35-25(18)27-21)32-13-11-31(12-14-32)22(33)10-6-15-34-20-9-5-8-19-23(20)29-30-28-19/h5,8-9,16H,3-4,6-7,10-15H2,1-2H3,(H,28,29,30). The Morgan fingerprint density at radius 1 is 1.14 bits per heavy atom. The fourth-order valence-electron chi connectivity index (χ4n) is 4.44. The molecule has 0 saturated carbocycles. The van der Waals surface area contributed by atoms with Gasteiger partial charge in [0.2, 0.25) is 5.91 Å². The highest BCUT2D eigenvalue weighted by Crippen LogP contribution is 2.32. The molecule has 0 spiro atoms. The lowest BCUT2D eigenvalue weighted by molar-refractivity contribution is -0.131. The van der Waals surface area contributed by atoms with Crippen molar-refractivity contribution >= 4 is 44.3 Å². The molecule has 1 aromatic carbocycles. The number of aryl methyl sites for hydroxylation is 2. The zero-order chi connectivity index (χ0) is 24.2. The number of hydrogen-bond donors (Lipinski definition) is 1. The molecule has 0 atom stereocenters. The number of nitrogens with zero attached hydrogens (tertiary/aromatic N) is 6. The average Bonchev–Trinajstić information content (AvgIpc) is 3.53. The summed E-state index contributed by atoms with van der Waals surface area (Å²) < 4.78 is 5.86. The van der Waals surface area contributed by atoms with Crippen LogP contribution in [0.25, 0.3) is 21.3 Å². The molecule has 1 saturated heterocycles. The van der Waals surface area contributed by atoms with E-state index in [1.165, 1.54) is 4.88 Å². The van der Waals surface area contributed by atoms with Crippen molar-refractivity contribution in [3.05, 3.63) is 35.0 Å². The van der Waals surface area contributed by atoms with Gasteiger partial charge in [-0.3, -0.25) is 4.79 Å². The summed E-state index contributed by atoms with van der Waals surface area (Å²) in [5, 5.41) is 12.0. The lowest BCUT2D eigenvalue weighted by atomic mass is 10.2. The minimum atomic E-state index is 0.177. The molecule has 0 aliphatic carbocycles. The predicted octanol–water partition coefficient (Wildman–Crippen LogP) is 3.99. The van der Waals surface area contributed by atoms with Gasteiger partial charge >= 0.3 is 0 Å². The van der Waals surface area contributed by atoms with Crippen LogP contribution in [0.1, 0.15) is 43.8 Å². The van der Waals surface area contributed by atoms with Gasteiger partial charge in [-0.1, -0.05) is 19.9 Å². The molecule has 0 bridgehead atoms. The van der Waals surface area contributed by atoms with Crippen LogP contribution in [-0.4, -0.2) is 69.0 Å². The molecule has 1 aliphatic heterocycles. The quantitative estimate of drug-likeness (QED) is 0.352. The summed E-state index contributed by atoms with van der Waals surface area (Å²) in [5.41, 5.74) is 1.49. The molecule has 35 heavy (non-hydrogen) atoms. The summed E-state index contributed by atoms with van der Waals surface area (Å²) in [6.07, 6.45) is 4.04. The zero-order valence-corrected chi connectivity index (χ0v) is 21.1. The molecule has 1 aliphatic rings. The van der Waals surface area contributed by atoms with Crippen LogP contribution in [0.4, 0.5) is 5.82 Å². The van der Waals surface area contributed by atoms with Gasteiger partial charge in [-0.25, -0.2) is 9.97 Å². The molecule has 4 aromatic rings. The Morgan fingerprint density at radius 3 is 2.80 bits per heavy atom. The highest BCUT2D eigenvalue weighted by molar-refractivity contribution is 7.18. The minimum absolute atomic E-state index is 0.177. The number of fused-ring (bicyclic) bond motifs is 2. The van der Waals surface area contributed by atoms with Crippen LogP contribution < -0.4 is 9.64 Å². The lowest BCUT2D eigenvalue weighted by Crippen LogP contribution is -2.49. The molecule has 9 nitrogen and oxygen atoms in total. The van der Waals surface area contributed by atoms with Gasteiger partial charge in [0.25, 0.3) is 0 Å². The number of amides is 1. The number of anilines is 1. The summed E-state index contributed by atoms with van der Waals surface area (Å²) in [4.78, 5) is 29.2. The fourth-order valence-corrected chi connectivity index (χ4v) is 5.42. The third kappa shape index (κ3) is 5.07. The number of aromatic amines is 1. The minimum Gasteiger partial charge on any atom is -0.491 e. The lowest BCUT2D eigenvalue weighted by Gasteiger charge is -2.35. The molecular weight excluding hydrogens is 462 g/mol. The summed E-state index contributed by atoms with van der Waals surface area (Å²) in [6, 6.07) is 7.88. The van der Waals surface area contributed by atoms with E-state index in [4.69, 9.17) is 14.7 Å². The highest BCUT2D eigenvalue weighted by atomic mass is 32.1. The van der Waals surface area contributed by atoms with Crippen LogP contribution in [-0.2, 0) is 17.6 Å². The van der Waals surface area contributed by atoms with Gasteiger partial charge in [-0.2, -0.15) is 15.4 Å². The molecule has 10 heteroatoms. The predicted molar refractivity (Wildman–Crippen MR) is 138 cm³/mol. The van der Waals surface area contributed by atoms with Gasteiger partial charge in [0.1, 0.15) is 27.7 Å². The number of para-hydroxylation sites is 1. The first-order chi connectivity index (χ1) is 17.2. The van der Waals surface area contributed by atoms with Crippen molar-refractivity contribution in [1.29, 1.82) is 0 Å². The number of rotatable bonds is 9. The van der Waals surface area contributed by atoms with Gasteiger partial charge in [0, 0.05) is 43.9 Å². The van der Waals surface area contributed by atoms with Gasteiger partial charge in [0.05, 0.1) is 12.0 Å². The molecule has 0 unspecified atom stereocenters. The van der Waals surface area contributed by atoms with Gasteiger partial charge < -0.3 is 14.5 Å². The first-order valence-corrected chi connectivity index (χ1v) is 13.2. The molecule has 0 radical (unpaired) electrons. The zero-order valence-electron chi connectivity index (χ0n) is 20.3. The number of benzene rings is 1. The van der Waals surface area contributed by atoms with Crippen molar-refractivity contribution in [3.8, 4) is 5.75 Å². The van der Waals surface area contributed by atoms with E-state index in [0.29, 0.717) is 43.8 Å². The first-order valence-electron chi connectivity index (χ1n) is 12.4. The Balaban J connectivity index is 1.16. The van der Waals surface area contributed by atoms with E-state index in [2.05, 4.69) is 40.2 Å². The molecular formula is C25H31N7O2S. The van der Waals surface area contributed by atoms with E-state index in [1.54, 1.807) is 11.3 Å². The Labute approximate surface area is 208 Å². The molecule has 4 heterocycles. The van der Waals surface area contributed by atoms with Crippen molar-refractivity contribution in [3.63, 3.8) is 0 Å². The van der Waals surface area contributed by atoms with Crippen molar-refractivity contribution in [2.45, 2.75) is 46.0 Å². The van der Waals surface area contributed by atoms with E-state index < -0.39 is 0 Å². The number of aromatic nitrogens is 5. The summed E-state index contributed by atoms with van der Waals surface area (Å²) in [7, 11) is 0. The third-order valence-corrected chi connectivity index (χ3v) is 7.50. The fraction of sp³-hybridized carbons (Fsp3) is 0.480. The maximum Gasteiger partial charge on any atom is 0.222 e. The Kier molecular flexibility index (Phi) is 7.08. The number of carbonyl (C=O) groups excluding carboxylic acids is 1. The molecule has 1 fully saturated rings. The number of nitrogens with one attached hydrogen (secondary N) is 1. The summed E-state index contributed by atoms with van der Waals surface area (Å²) in [6.45, 7) is 7.78. The van der Waals surface area contributed by atoms with E-state index >= 15 is 0 Å². The van der Waals surface area contributed by atoms with Crippen molar-refractivity contribution in [2.75, 3.05) is 37.7 Å². The Morgan fingerprint density at radius 2 is 2.00 bits per heavy atom. The van der Waals surface area contributed by atoms with Crippen LogP contribution in [0.2, 0.25) is 0 Å². The molecule has 3 aromatic heterocycles. The molecule has 5 rings (SSSR count). The first kappa shape index (κ1) is 23.5. The summed E-state index contributed by atoms with van der Waals surface area (Å²) >= 11 is 1.77. The molecule has 1 amide bonds. The number of H-pyrrole nitrogens is 1. The number of hydrogen-bond acceptors (Lipinski definition) is 8.